The molecule has 0 atom stereocenters. The number of benzene rings is 2. The predicted molar refractivity (Wildman–Crippen MR) is 110 cm³/mol. The lowest BCUT2D eigenvalue weighted by Gasteiger charge is -2.08. The Bertz CT molecular complexity index is 823. The molecule has 0 fully saturated rings. The average Bonchev–Trinajstić information content (AvgIpc) is 2.67. The molecule has 142 valence electrons. The van der Waals surface area contributed by atoms with Gasteiger partial charge in [-0.05, 0) is 49.8 Å². The molecular weight excluding hydrogens is 360 g/mol. The minimum Gasteiger partial charge on any atom is -0.493 e. The SMILES string of the molecule is CCOC(=O)/C=C(\C=C\c1ccc(OC)c(OC)c1)Sc1ccc(C)cc1. The summed E-state index contributed by atoms with van der Waals surface area (Å²) >= 11 is 1.51. The highest BCUT2D eigenvalue weighted by Gasteiger charge is 2.05. The first-order valence-corrected chi connectivity index (χ1v) is 9.40. The maximum absolute atomic E-state index is 11.9. The highest BCUT2D eigenvalue weighted by molar-refractivity contribution is 8.03. The second-order valence-corrected chi connectivity index (χ2v) is 6.81. The van der Waals surface area contributed by atoms with Gasteiger partial charge in [-0.3, -0.25) is 0 Å². The molecule has 2 aromatic rings. The molecule has 0 spiro atoms. The van der Waals surface area contributed by atoms with E-state index in [1.165, 1.54) is 23.4 Å². The summed E-state index contributed by atoms with van der Waals surface area (Å²) in [6.07, 6.45) is 5.32. The zero-order valence-electron chi connectivity index (χ0n) is 16.0. The lowest BCUT2D eigenvalue weighted by atomic mass is 10.2. The number of carbonyl (C=O) groups is 1. The largest absolute Gasteiger partial charge is 0.493 e. The number of allylic oxidation sites excluding steroid dienone is 1. The van der Waals surface area contributed by atoms with Crippen LogP contribution in [0.5, 0.6) is 11.5 Å². The number of methoxy groups -OCH3 is 2. The van der Waals surface area contributed by atoms with E-state index in [4.69, 9.17) is 14.2 Å². The van der Waals surface area contributed by atoms with Crippen molar-refractivity contribution < 1.29 is 19.0 Å². The molecule has 0 aliphatic rings. The molecule has 0 aromatic heterocycles. The van der Waals surface area contributed by atoms with Gasteiger partial charge in [-0.15, -0.1) is 0 Å². The monoisotopic (exact) mass is 384 g/mol. The van der Waals surface area contributed by atoms with Crippen molar-refractivity contribution >= 4 is 23.8 Å². The van der Waals surface area contributed by atoms with Crippen molar-refractivity contribution in [1.29, 1.82) is 0 Å². The number of hydrogen-bond acceptors (Lipinski definition) is 5. The van der Waals surface area contributed by atoms with E-state index < -0.39 is 0 Å². The molecule has 0 aliphatic carbocycles. The third-order valence-corrected chi connectivity index (χ3v) is 4.65. The van der Waals surface area contributed by atoms with Crippen LogP contribution in [0.4, 0.5) is 0 Å². The maximum atomic E-state index is 11.9. The molecule has 0 radical (unpaired) electrons. The van der Waals surface area contributed by atoms with Crippen molar-refractivity contribution in [3.8, 4) is 11.5 Å². The van der Waals surface area contributed by atoms with Crippen LogP contribution in [0, 0.1) is 6.92 Å². The molecule has 0 aliphatic heterocycles. The summed E-state index contributed by atoms with van der Waals surface area (Å²) in [5, 5.41) is 0. The number of aryl methyl sites for hydroxylation is 1. The topological polar surface area (TPSA) is 44.8 Å². The lowest BCUT2D eigenvalue weighted by molar-refractivity contribution is -0.137. The fourth-order valence-corrected chi connectivity index (χ4v) is 3.12. The number of carbonyl (C=O) groups excluding carboxylic acids is 1. The Labute approximate surface area is 164 Å². The van der Waals surface area contributed by atoms with Crippen molar-refractivity contribution in [2.24, 2.45) is 0 Å². The molecule has 0 amide bonds. The van der Waals surface area contributed by atoms with Gasteiger partial charge in [0.2, 0.25) is 0 Å². The molecule has 27 heavy (non-hydrogen) atoms. The molecule has 0 unspecified atom stereocenters. The van der Waals surface area contributed by atoms with E-state index in [0.717, 1.165) is 15.4 Å². The Balaban J connectivity index is 2.26. The normalized spacial score (nSPS) is 11.5. The van der Waals surface area contributed by atoms with Crippen LogP contribution in [-0.4, -0.2) is 26.8 Å². The Hall–Kier alpha value is -2.66. The van der Waals surface area contributed by atoms with Crippen molar-refractivity contribution in [1.82, 2.24) is 0 Å². The van der Waals surface area contributed by atoms with E-state index in [1.54, 1.807) is 21.1 Å². The highest BCUT2D eigenvalue weighted by atomic mass is 32.2. The molecular formula is C22H24O4S. The summed E-state index contributed by atoms with van der Waals surface area (Å²) in [4.78, 5) is 13.7. The zero-order chi connectivity index (χ0) is 19.6. The van der Waals surface area contributed by atoms with Crippen molar-refractivity contribution in [2.45, 2.75) is 18.7 Å². The fraction of sp³-hybridized carbons (Fsp3) is 0.227. The van der Waals surface area contributed by atoms with Crippen LogP contribution in [0.15, 0.2) is 64.4 Å². The Kier molecular flexibility index (Phi) is 8.01. The molecule has 0 saturated heterocycles. The zero-order valence-corrected chi connectivity index (χ0v) is 16.8. The van der Waals surface area contributed by atoms with E-state index in [2.05, 4.69) is 0 Å². The minimum atomic E-state index is -0.357. The van der Waals surface area contributed by atoms with Gasteiger partial charge < -0.3 is 14.2 Å². The van der Waals surface area contributed by atoms with Gasteiger partial charge in [0.25, 0.3) is 0 Å². The van der Waals surface area contributed by atoms with Crippen LogP contribution in [0.1, 0.15) is 18.1 Å². The molecule has 0 saturated carbocycles. The van der Waals surface area contributed by atoms with Gasteiger partial charge in [0.1, 0.15) is 0 Å². The molecule has 0 bridgehead atoms. The lowest BCUT2D eigenvalue weighted by Crippen LogP contribution is -1.99. The van der Waals surface area contributed by atoms with Crippen molar-refractivity contribution in [3.63, 3.8) is 0 Å². The molecule has 4 nitrogen and oxygen atoms in total. The van der Waals surface area contributed by atoms with Crippen LogP contribution in [0.2, 0.25) is 0 Å². The smallest absolute Gasteiger partial charge is 0.331 e. The Morgan fingerprint density at radius 2 is 1.74 bits per heavy atom. The van der Waals surface area contributed by atoms with Crippen molar-refractivity contribution in [2.75, 3.05) is 20.8 Å². The summed E-state index contributed by atoms with van der Waals surface area (Å²) in [7, 11) is 3.20. The van der Waals surface area contributed by atoms with Gasteiger partial charge in [0, 0.05) is 15.9 Å². The molecule has 2 aromatic carbocycles. The van der Waals surface area contributed by atoms with E-state index in [1.807, 2.05) is 61.5 Å². The number of hydrogen-bond donors (Lipinski definition) is 0. The Morgan fingerprint density at radius 1 is 1.04 bits per heavy atom. The molecule has 0 heterocycles. The predicted octanol–water partition coefficient (Wildman–Crippen LogP) is 5.26. The fourth-order valence-electron chi connectivity index (χ4n) is 2.29. The van der Waals surface area contributed by atoms with Crippen LogP contribution in [-0.2, 0) is 9.53 Å². The van der Waals surface area contributed by atoms with Crippen molar-refractivity contribution in [3.05, 3.63) is 70.6 Å². The third kappa shape index (κ3) is 6.53. The average molecular weight is 384 g/mol. The van der Waals surface area contributed by atoms with Gasteiger partial charge in [0.05, 0.1) is 20.8 Å². The number of esters is 1. The van der Waals surface area contributed by atoms with Gasteiger partial charge >= 0.3 is 5.97 Å². The second kappa shape index (κ2) is 10.5. The van der Waals surface area contributed by atoms with E-state index in [0.29, 0.717) is 18.1 Å². The molecule has 0 N–H and O–H groups in total. The van der Waals surface area contributed by atoms with Gasteiger partial charge in [-0.2, -0.15) is 0 Å². The summed E-state index contributed by atoms with van der Waals surface area (Å²) in [5.41, 5.74) is 2.13. The third-order valence-electron chi connectivity index (χ3n) is 3.65. The minimum absolute atomic E-state index is 0.344. The Morgan fingerprint density at radius 3 is 2.37 bits per heavy atom. The summed E-state index contributed by atoms with van der Waals surface area (Å²) < 4.78 is 15.6. The number of rotatable bonds is 8. The number of ether oxygens (including phenoxy) is 3. The van der Waals surface area contributed by atoms with E-state index >= 15 is 0 Å². The van der Waals surface area contributed by atoms with Gasteiger partial charge in [-0.1, -0.05) is 41.6 Å². The summed E-state index contributed by atoms with van der Waals surface area (Å²) in [6.45, 7) is 4.18. The van der Waals surface area contributed by atoms with Crippen LogP contribution < -0.4 is 9.47 Å². The first-order chi connectivity index (χ1) is 13.0. The summed E-state index contributed by atoms with van der Waals surface area (Å²) in [5.74, 6) is 0.969. The molecule has 5 heteroatoms. The summed E-state index contributed by atoms with van der Waals surface area (Å²) in [6, 6.07) is 13.8. The van der Waals surface area contributed by atoms with Crippen LogP contribution in [0.3, 0.4) is 0 Å². The van der Waals surface area contributed by atoms with Crippen LogP contribution >= 0.6 is 11.8 Å². The second-order valence-electron chi connectivity index (χ2n) is 5.66. The maximum Gasteiger partial charge on any atom is 0.331 e. The first-order valence-electron chi connectivity index (χ1n) is 8.58. The highest BCUT2D eigenvalue weighted by Crippen LogP contribution is 2.31. The van der Waals surface area contributed by atoms with Gasteiger partial charge in [-0.25, -0.2) is 4.79 Å². The van der Waals surface area contributed by atoms with E-state index in [-0.39, 0.29) is 5.97 Å². The van der Waals surface area contributed by atoms with Crippen LogP contribution in [0.25, 0.3) is 6.08 Å². The van der Waals surface area contributed by atoms with E-state index in [9.17, 15) is 4.79 Å². The standard InChI is InChI=1S/C22H24O4S/c1-5-26-22(23)15-19(27-18-10-6-16(2)7-11-18)12-8-17-9-13-20(24-3)21(14-17)25-4/h6-15H,5H2,1-4H3/b12-8+,19-15+. The number of thioether (sulfide) groups is 1. The van der Waals surface area contributed by atoms with Gasteiger partial charge in [0.15, 0.2) is 11.5 Å². The quantitative estimate of drug-likeness (QED) is 0.269. The molecule has 2 rings (SSSR count). The first kappa shape index (κ1) is 20.6.